The van der Waals surface area contributed by atoms with E-state index in [9.17, 15) is 13.2 Å². The molecular weight excluding hydrogens is 399 g/mol. The Kier molecular flexibility index (Phi) is 6.52. The Labute approximate surface area is 172 Å². The molecule has 0 atom stereocenters. The largest absolute Gasteiger partial charge is 0.497 e. The molecule has 0 aliphatic rings. The second kappa shape index (κ2) is 8.90. The number of nitrogens with zero attached hydrogens (tertiary/aromatic N) is 3. The first-order valence-corrected chi connectivity index (χ1v) is 10.1. The predicted molar refractivity (Wildman–Crippen MR) is 108 cm³/mol. The average Bonchev–Trinajstić information content (AvgIpc) is 3.07. The van der Waals surface area contributed by atoms with E-state index in [0.717, 1.165) is 17.4 Å². The van der Waals surface area contributed by atoms with Gasteiger partial charge in [-0.2, -0.15) is 13.2 Å². The number of rotatable bonds is 7. The molecule has 0 spiro atoms. The highest BCUT2D eigenvalue weighted by atomic mass is 32.2. The summed E-state index contributed by atoms with van der Waals surface area (Å²) in [5, 5.41) is 9.16. The lowest BCUT2D eigenvalue weighted by atomic mass is 10.1. The van der Waals surface area contributed by atoms with Crippen molar-refractivity contribution in [3.8, 4) is 17.1 Å². The van der Waals surface area contributed by atoms with Crippen LogP contribution in [0.15, 0.2) is 53.7 Å². The number of alkyl halides is 3. The number of hydrogen-bond acceptors (Lipinski definition) is 4. The Bertz CT molecular complexity index is 953. The summed E-state index contributed by atoms with van der Waals surface area (Å²) >= 11 is 1.26. The number of halogens is 3. The zero-order chi connectivity index (χ0) is 21.0. The summed E-state index contributed by atoms with van der Waals surface area (Å²) in [6.45, 7) is 4.81. The van der Waals surface area contributed by atoms with E-state index in [4.69, 9.17) is 4.74 Å². The van der Waals surface area contributed by atoms with E-state index in [1.807, 2.05) is 28.8 Å². The molecule has 0 aliphatic heterocycles. The zero-order valence-electron chi connectivity index (χ0n) is 16.4. The number of aromatic nitrogens is 3. The van der Waals surface area contributed by atoms with Gasteiger partial charge in [0, 0.05) is 17.9 Å². The van der Waals surface area contributed by atoms with E-state index in [1.165, 1.54) is 23.9 Å². The first-order valence-electron chi connectivity index (χ1n) is 9.15. The van der Waals surface area contributed by atoms with Gasteiger partial charge in [-0.05, 0) is 41.8 Å². The maximum Gasteiger partial charge on any atom is 0.416 e. The third-order valence-electron chi connectivity index (χ3n) is 4.29. The standard InChI is InChI=1S/C21H22F3N3OS/c1-14(2)12-27-19(15-8-10-17(28-3)11-9-15)25-26-20(27)29-13-16-6-4-5-7-18(16)21(22,23)24/h4-11,14H,12-13H2,1-3H3. The van der Waals surface area contributed by atoms with Gasteiger partial charge >= 0.3 is 6.18 Å². The van der Waals surface area contributed by atoms with Gasteiger partial charge in [-0.3, -0.25) is 0 Å². The molecule has 3 aromatic rings. The van der Waals surface area contributed by atoms with Crippen LogP contribution in [0.4, 0.5) is 13.2 Å². The fourth-order valence-corrected chi connectivity index (χ4v) is 3.90. The van der Waals surface area contributed by atoms with E-state index >= 15 is 0 Å². The third-order valence-corrected chi connectivity index (χ3v) is 5.31. The minimum absolute atomic E-state index is 0.161. The van der Waals surface area contributed by atoms with E-state index in [-0.39, 0.29) is 11.3 Å². The quantitative estimate of drug-likeness (QED) is 0.444. The van der Waals surface area contributed by atoms with Crippen molar-refractivity contribution in [2.75, 3.05) is 7.11 Å². The number of methoxy groups -OCH3 is 1. The van der Waals surface area contributed by atoms with Crippen LogP contribution in [-0.2, 0) is 18.5 Å². The van der Waals surface area contributed by atoms with Gasteiger partial charge in [-0.25, -0.2) is 0 Å². The van der Waals surface area contributed by atoms with Crippen LogP contribution in [0, 0.1) is 5.92 Å². The smallest absolute Gasteiger partial charge is 0.416 e. The maximum absolute atomic E-state index is 13.3. The molecule has 0 aliphatic carbocycles. The first-order chi connectivity index (χ1) is 13.8. The molecule has 0 bridgehead atoms. The van der Waals surface area contributed by atoms with Crippen LogP contribution in [0.1, 0.15) is 25.0 Å². The van der Waals surface area contributed by atoms with E-state index in [1.54, 1.807) is 13.2 Å². The molecule has 0 saturated heterocycles. The van der Waals surface area contributed by atoms with Crippen LogP contribution in [0.5, 0.6) is 5.75 Å². The highest BCUT2D eigenvalue weighted by Crippen LogP contribution is 2.35. The molecule has 1 heterocycles. The monoisotopic (exact) mass is 421 g/mol. The van der Waals surface area contributed by atoms with Crippen molar-refractivity contribution >= 4 is 11.8 Å². The molecule has 1 aromatic heterocycles. The molecule has 0 N–H and O–H groups in total. The second-order valence-electron chi connectivity index (χ2n) is 6.98. The van der Waals surface area contributed by atoms with Gasteiger partial charge in [0.05, 0.1) is 12.7 Å². The molecule has 0 unspecified atom stereocenters. The topological polar surface area (TPSA) is 39.9 Å². The Morgan fingerprint density at radius 1 is 1.03 bits per heavy atom. The molecule has 29 heavy (non-hydrogen) atoms. The minimum Gasteiger partial charge on any atom is -0.497 e. The van der Waals surface area contributed by atoms with Crippen LogP contribution in [0.3, 0.4) is 0 Å². The lowest BCUT2D eigenvalue weighted by molar-refractivity contribution is -0.138. The van der Waals surface area contributed by atoms with Crippen LogP contribution in [-0.4, -0.2) is 21.9 Å². The van der Waals surface area contributed by atoms with Crippen LogP contribution < -0.4 is 4.74 Å². The number of ether oxygens (including phenoxy) is 1. The molecule has 2 aromatic carbocycles. The maximum atomic E-state index is 13.3. The molecule has 3 rings (SSSR count). The normalized spacial score (nSPS) is 11.8. The Hall–Kier alpha value is -2.48. The summed E-state index contributed by atoms with van der Waals surface area (Å²) < 4.78 is 46.9. The summed E-state index contributed by atoms with van der Waals surface area (Å²) in [7, 11) is 1.60. The van der Waals surface area contributed by atoms with Crippen LogP contribution >= 0.6 is 11.8 Å². The van der Waals surface area contributed by atoms with Crippen molar-refractivity contribution in [3.63, 3.8) is 0 Å². The average molecular weight is 421 g/mol. The summed E-state index contributed by atoms with van der Waals surface area (Å²) in [4.78, 5) is 0. The molecule has 154 valence electrons. The fourth-order valence-electron chi connectivity index (χ4n) is 2.94. The molecule has 0 radical (unpaired) electrons. The van der Waals surface area contributed by atoms with Crippen molar-refractivity contribution in [2.24, 2.45) is 5.92 Å². The fraction of sp³-hybridized carbons (Fsp3) is 0.333. The summed E-state index contributed by atoms with van der Waals surface area (Å²) in [5.41, 5.74) is 0.495. The van der Waals surface area contributed by atoms with Gasteiger partial charge in [0.25, 0.3) is 0 Å². The van der Waals surface area contributed by atoms with Gasteiger partial charge in [-0.15, -0.1) is 10.2 Å². The van der Waals surface area contributed by atoms with Gasteiger partial charge in [0.1, 0.15) is 5.75 Å². The minimum atomic E-state index is -4.38. The molecule has 0 saturated carbocycles. The van der Waals surface area contributed by atoms with Crippen molar-refractivity contribution < 1.29 is 17.9 Å². The van der Waals surface area contributed by atoms with Crippen LogP contribution in [0.25, 0.3) is 11.4 Å². The number of thioether (sulfide) groups is 1. The van der Waals surface area contributed by atoms with Gasteiger partial charge in [0.2, 0.25) is 0 Å². The summed E-state index contributed by atoms with van der Waals surface area (Å²) in [5.74, 6) is 1.91. The van der Waals surface area contributed by atoms with Crippen molar-refractivity contribution in [1.29, 1.82) is 0 Å². The lowest BCUT2D eigenvalue weighted by Crippen LogP contribution is -2.09. The molecular formula is C21H22F3N3OS. The number of benzene rings is 2. The Balaban J connectivity index is 1.89. The van der Waals surface area contributed by atoms with E-state index in [0.29, 0.717) is 23.4 Å². The first kappa shape index (κ1) is 21.2. The highest BCUT2D eigenvalue weighted by molar-refractivity contribution is 7.98. The summed E-state index contributed by atoms with van der Waals surface area (Å²) in [6, 6.07) is 13.1. The van der Waals surface area contributed by atoms with Crippen molar-refractivity contribution in [1.82, 2.24) is 14.8 Å². The van der Waals surface area contributed by atoms with Crippen LogP contribution in [0.2, 0.25) is 0 Å². The number of hydrogen-bond donors (Lipinski definition) is 0. The van der Waals surface area contributed by atoms with E-state index in [2.05, 4.69) is 24.0 Å². The molecule has 4 nitrogen and oxygen atoms in total. The summed E-state index contributed by atoms with van der Waals surface area (Å²) in [6.07, 6.45) is -4.38. The van der Waals surface area contributed by atoms with Gasteiger partial charge < -0.3 is 9.30 Å². The van der Waals surface area contributed by atoms with Gasteiger partial charge in [0.15, 0.2) is 11.0 Å². The van der Waals surface area contributed by atoms with Crippen molar-refractivity contribution in [2.45, 2.75) is 37.5 Å². The Morgan fingerprint density at radius 2 is 1.72 bits per heavy atom. The highest BCUT2D eigenvalue weighted by Gasteiger charge is 2.33. The van der Waals surface area contributed by atoms with E-state index < -0.39 is 11.7 Å². The molecule has 0 fully saturated rings. The predicted octanol–water partition coefficient (Wildman–Crippen LogP) is 5.92. The van der Waals surface area contributed by atoms with Gasteiger partial charge in [-0.1, -0.05) is 43.8 Å². The SMILES string of the molecule is COc1ccc(-c2nnc(SCc3ccccc3C(F)(F)F)n2CC(C)C)cc1. The van der Waals surface area contributed by atoms with Crippen molar-refractivity contribution in [3.05, 3.63) is 59.7 Å². The second-order valence-corrected chi connectivity index (χ2v) is 7.93. The molecule has 8 heteroatoms. The third kappa shape index (κ3) is 5.12. The Morgan fingerprint density at radius 3 is 2.34 bits per heavy atom. The lowest BCUT2D eigenvalue weighted by Gasteiger charge is -2.14. The zero-order valence-corrected chi connectivity index (χ0v) is 17.2. The molecule has 0 amide bonds.